The summed E-state index contributed by atoms with van der Waals surface area (Å²) >= 11 is 5.85. The van der Waals surface area contributed by atoms with E-state index in [1.165, 1.54) is 10.7 Å². The molecule has 1 aromatic heterocycles. The van der Waals surface area contributed by atoms with E-state index in [9.17, 15) is 4.79 Å². The fourth-order valence-electron chi connectivity index (χ4n) is 1.46. The molecule has 0 atom stereocenters. The molecule has 0 radical (unpaired) electrons. The number of hydrogen-bond donors (Lipinski definition) is 1. The van der Waals surface area contributed by atoms with Gasteiger partial charge in [0.2, 0.25) is 0 Å². The first kappa shape index (κ1) is 10.7. The SMILES string of the molecule is Cn1nc(-c2cccc(Cl)c2)cc1C(=O)O. The predicted octanol–water partition coefficient (Wildman–Crippen LogP) is 2.44. The van der Waals surface area contributed by atoms with E-state index in [0.29, 0.717) is 10.7 Å². The number of rotatable bonds is 2. The van der Waals surface area contributed by atoms with Gasteiger partial charge >= 0.3 is 5.97 Å². The van der Waals surface area contributed by atoms with Gasteiger partial charge in [-0.3, -0.25) is 4.68 Å². The van der Waals surface area contributed by atoms with Crippen LogP contribution in [0.15, 0.2) is 30.3 Å². The Kier molecular flexibility index (Phi) is 2.66. The Labute approximate surface area is 97.1 Å². The van der Waals surface area contributed by atoms with Crippen LogP contribution in [0.2, 0.25) is 5.02 Å². The summed E-state index contributed by atoms with van der Waals surface area (Å²) in [5.74, 6) is -0.997. The van der Waals surface area contributed by atoms with Crippen molar-refractivity contribution in [1.82, 2.24) is 9.78 Å². The Balaban J connectivity index is 2.49. The summed E-state index contributed by atoms with van der Waals surface area (Å²) in [5, 5.41) is 13.6. The van der Waals surface area contributed by atoms with Crippen LogP contribution in [0, 0.1) is 0 Å². The number of aromatic nitrogens is 2. The molecule has 0 fully saturated rings. The molecule has 5 heteroatoms. The van der Waals surface area contributed by atoms with Gasteiger partial charge in [0.15, 0.2) is 0 Å². The average Bonchev–Trinajstić information content (AvgIpc) is 2.60. The molecular formula is C11H9ClN2O2. The van der Waals surface area contributed by atoms with Gasteiger partial charge in [-0.05, 0) is 18.2 Å². The quantitative estimate of drug-likeness (QED) is 0.871. The van der Waals surface area contributed by atoms with Crippen molar-refractivity contribution in [1.29, 1.82) is 0 Å². The minimum atomic E-state index is -0.997. The molecule has 0 amide bonds. The molecular weight excluding hydrogens is 228 g/mol. The van der Waals surface area contributed by atoms with Gasteiger partial charge in [0.25, 0.3) is 0 Å². The molecule has 1 aromatic carbocycles. The van der Waals surface area contributed by atoms with Gasteiger partial charge in [-0.2, -0.15) is 5.10 Å². The van der Waals surface area contributed by atoms with Crippen LogP contribution in [-0.2, 0) is 7.05 Å². The fraction of sp³-hybridized carbons (Fsp3) is 0.0909. The maximum atomic E-state index is 10.8. The summed E-state index contributed by atoms with van der Waals surface area (Å²) in [7, 11) is 1.59. The lowest BCUT2D eigenvalue weighted by molar-refractivity contribution is 0.0685. The minimum absolute atomic E-state index is 0.148. The van der Waals surface area contributed by atoms with Gasteiger partial charge in [-0.25, -0.2) is 4.79 Å². The second-order valence-electron chi connectivity index (χ2n) is 3.35. The second kappa shape index (κ2) is 3.98. The van der Waals surface area contributed by atoms with Crippen molar-refractivity contribution in [3.63, 3.8) is 0 Å². The lowest BCUT2D eigenvalue weighted by Gasteiger charge is -1.96. The Morgan fingerprint density at radius 1 is 1.44 bits per heavy atom. The molecule has 0 aliphatic heterocycles. The highest BCUT2D eigenvalue weighted by atomic mass is 35.5. The summed E-state index contributed by atoms with van der Waals surface area (Å²) in [6, 6.07) is 8.66. The third-order valence-electron chi connectivity index (χ3n) is 2.22. The van der Waals surface area contributed by atoms with Crippen molar-refractivity contribution in [2.24, 2.45) is 7.05 Å². The van der Waals surface area contributed by atoms with Crippen LogP contribution >= 0.6 is 11.6 Å². The van der Waals surface area contributed by atoms with Crippen molar-refractivity contribution in [2.45, 2.75) is 0 Å². The molecule has 0 spiro atoms. The first-order valence-corrected chi connectivity index (χ1v) is 4.99. The van der Waals surface area contributed by atoms with Gasteiger partial charge in [0, 0.05) is 17.6 Å². The number of aromatic carboxylic acids is 1. The smallest absolute Gasteiger partial charge is 0.354 e. The number of hydrogen-bond acceptors (Lipinski definition) is 2. The van der Waals surface area contributed by atoms with Gasteiger partial charge in [-0.1, -0.05) is 23.7 Å². The van der Waals surface area contributed by atoms with Crippen LogP contribution in [0.4, 0.5) is 0 Å². The van der Waals surface area contributed by atoms with Crippen LogP contribution in [0.3, 0.4) is 0 Å². The lowest BCUT2D eigenvalue weighted by Crippen LogP contribution is -2.04. The zero-order chi connectivity index (χ0) is 11.7. The Bertz CT molecular complexity index is 549. The fourth-order valence-corrected chi connectivity index (χ4v) is 1.65. The molecule has 16 heavy (non-hydrogen) atoms. The number of nitrogens with zero attached hydrogens (tertiary/aromatic N) is 2. The molecule has 1 N–H and O–H groups in total. The summed E-state index contributed by atoms with van der Waals surface area (Å²) in [5.41, 5.74) is 1.55. The summed E-state index contributed by atoms with van der Waals surface area (Å²) in [6.07, 6.45) is 0. The van der Waals surface area contributed by atoms with Crippen LogP contribution in [0.1, 0.15) is 10.5 Å². The molecule has 0 saturated carbocycles. The van der Waals surface area contributed by atoms with Crippen LogP contribution in [0.5, 0.6) is 0 Å². The average molecular weight is 237 g/mol. The van der Waals surface area contributed by atoms with Crippen molar-refractivity contribution >= 4 is 17.6 Å². The van der Waals surface area contributed by atoms with Crippen molar-refractivity contribution in [3.05, 3.63) is 41.0 Å². The molecule has 0 bridgehead atoms. The third kappa shape index (κ3) is 1.92. The first-order chi connectivity index (χ1) is 7.58. The number of aryl methyl sites for hydroxylation is 1. The number of benzene rings is 1. The first-order valence-electron chi connectivity index (χ1n) is 4.61. The largest absolute Gasteiger partial charge is 0.477 e. The van der Waals surface area contributed by atoms with Gasteiger partial charge in [0.05, 0.1) is 5.69 Å². The minimum Gasteiger partial charge on any atom is -0.477 e. The molecule has 2 rings (SSSR count). The van der Waals surface area contributed by atoms with Crippen LogP contribution in [-0.4, -0.2) is 20.9 Å². The van der Waals surface area contributed by atoms with E-state index < -0.39 is 5.97 Å². The van der Waals surface area contributed by atoms with Crippen LogP contribution < -0.4 is 0 Å². The van der Waals surface area contributed by atoms with E-state index in [2.05, 4.69) is 5.10 Å². The summed E-state index contributed by atoms with van der Waals surface area (Å²) < 4.78 is 1.33. The topological polar surface area (TPSA) is 55.1 Å². The molecule has 0 aliphatic carbocycles. The van der Waals surface area contributed by atoms with Gasteiger partial charge in [-0.15, -0.1) is 0 Å². The highest BCUT2D eigenvalue weighted by Gasteiger charge is 2.12. The normalized spacial score (nSPS) is 10.4. The zero-order valence-corrected chi connectivity index (χ0v) is 9.27. The van der Waals surface area contributed by atoms with Crippen molar-refractivity contribution in [2.75, 3.05) is 0 Å². The van der Waals surface area contributed by atoms with Crippen molar-refractivity contribution in [3.8, 4) is 11.3 Å². The molecule has 0 unspecified atom stereocenters. The second-order valence-corrected chi connectivity index (χ2v) is 3.79. The standard InChI is InChI=1S/C11H9ClN2O2/c1-14-10(11(15)16)6-9(13-14)7-3-2-4-8(12)5-7/h2-6H,1H3,(H,15,16). The molecule has 1 heterocycles. The zero-order valence-electron chi connectivity index (χ0n) is 8.51. The molecule has 4 nitrogen and oxygen atoms in total. The van der Waals surface area contributed by atoms with E-state index in [-0.39, 0.29) is 5.69 Å². The maximum Gasteiger partial charge on any atom is 0.354 e. The third-order valence-corrected chi connectivity index (χ3v) is 2.45. The van der Waals surface area contributed by atoms with Gasteiger partial charge < -0.3 is 5.11 Å². The Hall–Kier alpha value is -1.81. The maximum absolute atomic E-state index is 10.8. The highest BCUT2D eigenvalue weighted by molar-refractivity contribution is 6.30. The molecule has 2 aromatic rings. The summed E-state index contributed by atoms with van der Waals surface area (Å²) in [6.45, 7) is 0. The molecule has 0 aliphatic rings. The number of halogens is 1. The Morgan fingerprint density at radius 3 is 2.75 bits per heavy atom. The van der Waals surface area contributed by atoms with E-state index in [4.69, 9.17) is 16.7 Å². The number of carboxylic acids is 1. The highest BCUT2D eigenvalue weighted by Crippen LogP contribution is 2.22. The lowest BCUT2D eigenvalue weighted by atomic mass is 10.1. The van der Waals surface area contributed by atoms with E-state index in [1.54, 1.807) is 25.2 Å². The molecule has 82 valence electrons. The molecule has 0 saturated heterocycles. The number of carboxylic acid groups (broad SMARTS) is 1. The Morgan fingerprint density at radius 2 is 2.19 bits per heavy atom. The van der Waals surface area contributed by atoms with E-state index in [1.807, 2.05) is 6.07 Å². The van der Waals surface area contributed by atoms with Crippen molar-refractivity contribution < 1.29 is 9.90 Å². The predicted molar refractivity (Wildman–Crippen MR) is 60.6 cm³/mol. The van der Waals surface area contributed by atoms with E-state index >= 15 is 0 Å². The summed E-state index contributed by atoms with van der Waals surface area (Å²) in [4.78, 5) is 10.8. The monoisotopic (exact) mass is 236 g/mol. The van der Waals surface area contributed by atoms with E-state index in [0.717, 1.165) is 5.56 Å². The van der Waals surface area contributed by atoms with Crippen LogP contribution in [0.25, 0.3) is 11.3 Å². The van der Waals surface area contributed by atoms with Gasteiger partial charge in [0.1, 0.15) is 5.69 Å². The number of carbonyl (C=O) groups is 1.